The molecule has 122 valence electrons. The van der Waals surface area contributed by atoms with Gasteiger partial charge in [0.15, 0.2) is 15.6 Å². The van der Waals surface area contributed by atoms with Crippen molar-refractivity contribution >= 4 is 32.4 Å². The number of sulfone groups is 1. The van der Waals surface area contributed by atoms with E-state index in [2.05, 4.69) is 29.5 Å². The van der Waals surface area contributed by atoms with Gasteiger partial charge in [0, 0.05) is 0 Å². The number of unbranched alkanes of at least 4 members (excludes halogenated alkanes) is 1. The van der Waals surface area contributed by atoms with Crippen molar-refractivity contribution in [1.82, 2.24) is 0 Å². The van der Waals surface area contributed by atoms with Crippen LogP contribution in [0.15, 0.2) is 35.2 Å². The Labute approximate surface area is 145 Å². The van der Waals surface area contributed by atoms with Gasteiger partial charge in [0.1, 0.15) is 4.75 Å². The maximum atomic E-state index is 13.2. The summed E-state index contributed by atoms with van der Waals surface area (Å²) in [6, 6.07) is 8.39. The summed E-state index contributed by atoms with van der Waals surface area (Å²) in [5.74, 6) is -1.65. The first kappa shape index (κ1) is 16.7. The smallest absolute Gasteiger partial charge is 0.190 e. The summed E-state index contributed by atoms with van der Waals surface area (Å²) in [5.41, 5.74) is 0. The molecule has 0 amide bonds. The predicted octanol–water partition coefficient (Wildman–Crippen LogP) is 3.07. The first-order chi connectivity index (χ1) is 10.2. The van der Waals surface area contributed by atoms with E-state index in [-0.39, 0.29) is 11.0 Å². The molecule has 1 aliphatic carbocycles. The molecule has 2 fully saturated rings. The summed E-state index contributed by atoms with van der Waals surface area (Å²) in [5, 5.41) is 10.8. The SMILES string of the molecule is CCCC[C@H]1O[C@](C)(O)[C@@]2(S(=O)(=O)c3ccccc3)C[C@@]12I. The maximum Gasteiger partial charge on any atom is 0.190 e. The van der Waals surface area contributed by atoms with Crippen molar-refractivity contribution in [3.8, 4) is 0 Å². The molecule has 1 saturated carbocycles. The lowest BCUT2D eigenvalue weighted by molar-refractivity contribution is -0.195. The quantitative estimate of drug-likeness (QED) is 0.570. The third kappa shape index (κ3) is 1.96. The molecule has 2 aliphatic rings. The summed E-state index contributed by atoms with van der Waals surface area (Å²) in [7, 11) is -3.67. The zero-order valence-corrected chi connectivity index (χ0v) is 15.7. The number of fused-ring (bicyclic) bond motifs is 1. The van der Waals surface area contributed by atoms with Crippen molar-refractivity contribution in [2.24, 2.45) is 0 Å². The molecule has 0 radical (unpaired) electrons. The largest absolute Gasteiger partial charge is 0.364 e. The van der Waals surface area contributed by atoms with Crippen LogP contribution in [0.2, 0.25) is 0 Å². The van der Waals surface area contributed by atoms with E-state index in [9.17, 15) is 13.5 Å². The Hall–Kier alpha value is -0.180. The molecule has 1 aliphatic heterocycles. The van der Waals surface area contributed by atoms with Gasteiger partial charge in [-0.2, -0.15) is 0 Å². The monoisotopic (exact) mass is 436 g/mol. The highest BCUT2D eigenvalue weighted by molar-refractivity contribution is 14.1. The van der Waals surface area contributed by atoms with Crippen LogP contribution >= 0.6 is 22.6 Å². The fourth-order valence-electron chi connectivity index (χ4n) is 3.75. The number of alkyl halides is 1. The number of hydrogen-bond acceptors (Lipinski definition) is 4. The maximum absolute atomic E-state index is 13.2. The summed E-state index contributed by atoms with van der Waals surface area (Å²) < 4.78 is 30.4. The Morgan fingerprint density at radius 3 is 2.55 bits per heavy atom. The Balaban J connectivity index is 2.04. The van der Waals surface area contributed by atoms with Gasteiger partial charge in [-0.05, 0) is 31.9 Å². The van der Waals surface area contributed by atoms with E-state index in [4.69, 9.17) is 4.74 Å². The topological polar surface area (TPSA) is 63.6 Å². The lowest BCUT2D eigenvalue weighted by Crippen LogP contribution is -2.47. The first-order valence-electron chi connectivity index (χ1n) is 7.62. The standard InChI is InChI=1S/C16H21IO4S/c1-3-4-10-13-15(17)11-16(15,14(2,18)21-13)22(19,20)12-8-6-5-7-9-12/h5-9,13,18H,3-4,10-11H2,1-2H3/t13-,14+,15-,16+/m1/s1. The molecule has 4 atom stereocenters. The number of benzene rings is 1. The zero-order chi connectivity index (χ0) is 16.2. The minimum Gasteiger partial charge on any atom is -0.364 e. The van der Waals surface area contributed by atoms with Crippen LogP contribution in [0.4, 0.5) is 0 Å². The lowest BCUT2D eigenvalue weighted by atomic mass is 10.1. The molecule has 3 rings (SSSR count). The molecule has 22 heavy (non-hydrogen) atoms. The number of aliphatic hydroxyl groups is 1. The van der Waals surface area contributed by atoms with Gasteiger partial charge in [0.25, 0.3) is 0 Å². The van der Waals surface area contributed by atoms with Crippen LogP contribution in [-0.4, -0.2) is 33.6 Å². The fourth-order valence-corrected chi connectivity index (χ4v) is 8.85. The van der Waals surface area contributed by atoms with Crippen LogP contribution in [0.5, 0.6) is 0 Å². The Morgan fingerprint density at radius 1 is 1.36 bits per heavy atom. The molecule has 1 aromatic rings. The second-order valence-corrected chi connectivity index (χ2v) is 10.5. The van der Waals surface area contributed by atoms with E-state index in [1.54, 1.807) is 30.3 Å². The van der Waals surface area contributed by atoms with Crippen molar-refractivity contribution in [2.75, 3.05) is 0 Å². The van der Waals surface area contributed by atoms with E-state index >= 15 is 0 Å². The first-order valence-corrected chi connectivity index (χ1v) is 10.2. The van der Waals surface area contributed by atoms with Gasteiger partial charge in [-0.15, -0.1) is 0 Å². The second kappa shape index (κ2) is 5.16. The molecule has 1 N–H and O–H groups in total. The van der Waals surface area contributed by atoms with E-state index in [1.165, 1.54) is 6.92 Å². The van der Waals surface area contributed by atoms with Gasteiger partial charge in [-0.1, -0.05) is 60.6 Å². The summed E-state index contributed by atoms with van der Waals surface area (Å²) >= 11 is 2.21. The van der Waals surface area contributed by atoms with Crippen molar-refractivity contribution in [2.45, 2.75) is 64.5 Å². The zero-order valence-electron chi connectivity index (χ0n) is 12.8. The molecular formula is C16H21IO4S. The third-order valence-electron chi connectivity index (χ3n) is 5.02. The highest BCUT2D eigenvalue weighted by atomic mass is 127. The molecule has 0 spiro atoms. The highest BCUT2D eigenvalue weighted by Crippen LogP contribution is 2.73. The molecular weight excluding hydrogens is 415 g/mol. The molecule has 1 aromatic carbocycles. The molecule has 4 nitrogen and oxygen atoms in total. The number of rotatable bonds is 5. The van der Waals surface area contributed by atoms with Crippen molar-refractivity contribution < 1.29 is 18.3 Å². The van der Waals surface area contributed by atoms with E-state index < -0.39 is 23.8 Å². The average molecular weight is 436 g/mol. The van der Waals surface area contributed by atoms with Crippen molar-refractivity contribution in [3.05, 3.63) is 30.3 Å². The van der Waals surface area contributed by atoms with Gasteiger partial charge in [0.05, 0.1) is 14.4 Å². The van der Waals surface area contributed by atoms with Gasteiger partial charge in [-0.25, -0.2) is 8.42 Å². The van der Waals surface area contributed by atoms with E-state index in [0.29, 0.717) is 6.42 Å². The van der Waals surface area contributed by atoms with Crippen molar-refractivity contribution in [1.29, 1.82) is 0 Å². The molecule has 0 aromatic heterocycles. The van der Waals surface area contributed by atoms with Crippen LogP contribution < -0.4 is 0 Å². The van der Waals surface area contributed by atoms with E-state index in [1.807, 2.05) is 0 Å². The second-order valence-electron chi connectivity index (χ2n) is 6.41. The summed E-state index contributed by atoms with van der Waals surface area (Å²) in [6.07, 6.45) is 2.99. The number of hydrogen-bond donors (Lipinski definition) is 1. The molecule has 0 unspecified atom stereocenters. The van der Waals surface area contributed by atoms with Crippen molar-refractivity contribution in [3.63, 3.8) is 0 Å². The minimum absolute atomic E-state index is 0.221. The average Bonchev–Trinajstić information content (AvgIpc) is 3.10. The lowest BCUT2D eigenvalue weighted by Gasteiger charge is -2.29. The predicted molar refractivity (Wildman–Crippen MR) is 92.7 cm³/mol. The van der Waals surface area contributed by atoms with E-state index in [0.717, 1.165) is 19.3 Å². The molecule has 0 bridgehead atoms. The summed E-state index contributed by atoms with van der Waals surface area (Å²) in [4.78, 5) is 0.258. The van der Waals surface area contributed by atoms with Gasteiger partial charge in [0.2, 0.25) is 0 Å². The Morgan fingerprint density at radius 2 is 2.00 bits per heavy atom. The summed E-state index contributed by atoms with van der Waals surface area (Å²) in [6.45, 7) is 3.59. The normalized spacial score (nSPS) is 40.5. The van der Waals surface area contributed by atoms with Gasteiger partial charge < -0.3 is 9.84 Å². The molecule has 1 heterocycles. The Bertz CT molecular complexity index is 673. The van der Waals surface area contributed by atoms with Gasteiger partial charge in [-0.3, -0.25) is 0 Å². The van der Waals surface area contributed by atoms with Crippen LogP contribution in [0.1, 0.15) is 39.5 Å². The minimum atomic E-state index is -3.67. The highest BCUT2D eigenvalue weighted by Gasteiger charge is 2.88. The van der Waals surface area contributed by atoms with Crippen LogP contribution in [0, 0.1) is 0 Å². The fraction of sp³-hybridized carbons (Fsp3) is 0.625. The van der Waals surface area contributed by atoms with Crippen LogP contribution in [0.3, 0.4) is 0 Å². The third-order valence-corrected chi connectivity index (χ3v) is 10.1. The number of halogens is 1. The molecule has 1 saturated heterocycles. The number of ether oxygens (including phenoxy) is 1. The van der Waals surface area contributed by atoms with Crippen LogP contribution in [0.25, 0.3) is 0 Å². The van der Waals surface area contributed by atoms with Gasteiger partial charge >= 0.3 is 0 Å². The Kier molecular flexibility index (Phi) is 3.91. The molecule has 6 heteroatoms. The van der Waals surface area contributed by atoms with Crippen LogP contribution in [-0.2, 0) is 14.6 Å².